The Bertz CT molecular complexity index is 635. The predicted molar refractivity (Wildman–Crippen MR) is 73.4 cm³/mol. The average Bonchev–Trinajstić information content (AvgIpc) is 2.79. The molecule has 0 aromatic carbocycles. The highest BCUT2D eigenvalue weighted by atomic mass is 16.3. The van der Waals surface area contributed by atoms with Gasteiger partial charge in [-0.05, 0) is 25.8 Å². The third kappa shape index (κ3) is 2.93. The van der Waals surface area contributed by atoms with Crippen molar-refractivity contribution in [2.75, 3.05) is 6.54 Å². The maximum Gasteiger partial charge on any atom is 0.291 e. The SMILES string of the molecule is Cc1cc(C)n2nc(C(=O)NCC(O)C(C)C)nc2n1. The predicted octanol–water partition coefficient (Wildman–Crippen LogP) is 0.488. The van der Waals surface area contributed by atoms with E-state index >= 15 is 0 Å². The largest absolute Gasteiger partial charge is 0.391 e. The molecule has 0 fully saturated rings. The molecule has 2 aromatic heterocycles. The highest BCUT2D eigenvalue weighted by Crippen LogP contribution is 2.05. The van der Waals surface area contributed by atoms with Crippen LogP contribution < -0.4 is 5.32 Å². The van der Waals surface area contributed by atoms with Crippen LogP contribution in [0.15, 0.2) is 6.07 Å². The van der Waals surface area contributed by atoms with Crippen molar-refractivity contribution < 1.29 is 9.90 Å². The molecule has 2 rings (SSSR count). The van der Waals surface area contributed by atoms with Gasteiger partial charge in [-0.1, -0.05) is 13.8 Å². The van der Waals surface area contributed by atoms with Gasteiger partial charge < -0.3 is 10.4 Å². The summed E-state index contributed by atoms with van der Waals surface area (Å²) in [5.74, 6) is 0.127. The smallest absolute Gasteiger partial charge is 0.291 e. The zero-order chi connectivity index (χ0) is 14.9. The quantitative estimate of drug-likeness (QED) is 0.848. The molecule has 7 nitrogen and oxygen atoms in total. The molecular formula is C13H19N5O2. The number of aromatic nitrogens is 4. The van der Waals surface area contributed by atoms with E-state index in [0.717, 1.165) is 11.4 Å². The molecule has 1 unspecified atom stereocenters. The first-order valence-corrected chi connectivity index (χ1v) is 6.55. The molecule has 7 heteroatoms. The second-order valence-electron chi connectivity index (χ2n) is 5.21. The molecule has 0 saturated carbocycles. The number of nitrogens with one attached hydrogen (secondary N) is 1. The first-order chi connectivity index (χ1) is 9.38. The van der Waals surface area contributed by atoms with Crippen molar-refractivity contribution in [2.45, 2.75) is 33.8 Å². The molecule has 1 atom stereocenters. The molecule has 0 aliphatic carbocycles. The zero-order valence-electron chi connectivity index (χ0n) is 12.1. The van der Waals surface area contributed by atoms with Crippen LogP contribution in [-0.2, 0) is 0 Å². The lowest BCUT2D eigenvalue weighted by atomic mass is 10.1. The van der Waals surface area contributed by atoms with Crippen LogP contribution in [0.1, 0.15) is 35.9 Å². The molecule has 0 bridgehead atoms. The Morgan fingerprint density at radius 1 is 1.40 bits per heavy atom. The standard InChI is InChI=1S/C13H19N5O2/c1-7(2)10(19)6-14-12(20)11-16-13-15-8(3)5-9(4)18(13)17-11/h5,7,10,19H,6H2,1-4H3,(H,14,20). The molecule has 2 heterocycles. The Kier molecular flexibility index (Phi) is 3.99. The first kappa shape index (κ1) is 14.4. The fourth-order valence-electron chi connectivity index (χ4n) is 1.77. The molecule has 0 spiro atoms. The van der Waals surface area contributed by atoms with E-state index in [0.29, 0.717) is 5.78 Å². The molecule has 108 valence electrons. The van der Waals surface area contributed by atoms with Crippen LogP contribution in [-0.4, -0.2) is 43.2 Å². The number of aliphatic hydroxyl groups is 1. The minimum Gasteiger partial charge on any atom is -0.391 e. The number of hydrogen-bond donors (Lipinski definition) is 2. The minimum atomic E-state index is -0.585. The van der Waals surface area contributed by atoms with Crippen molar-refractivity contribution in [2.24, 2.45) is 5.92 Å². The second-order valence-corrected chi connectivity index (χ2v) is 5.21. The summed E-state index contributed by atoms with van der Waals surface area (Å²) in [5, 5.41) is 16.4. The van der Waals surface area contributed by atoms with Crippen LogP contribution in [0.2, 0.25) is 0 Å². The van der Waals surface area contributed by atoms with Crippen molar-refractivity contribution in [3.05, 3.63) is 23.3 Å². The van der Waals surface area contributed by atoms with E-state index in [9.17, 15) is 9.90 Å². The van der Waals surface area contributed by atoms with E-state index in [1.165, 1.54) is 4.52 Å². The first-order valence-electron chi connectivity index (χ1n) is 6.55. The van der Waals surface area contributed by atoms with E-state index in [-0.39, 0.29) is 18.3 Å². The number of rotatable bonds is 4. The number of aliphatic hydroxyl groups excluding tert-OH is 1. The van der Waals surface area contributed by atoms with E-state index < -0.39 is 12.0 Å². The van der Waals surface area contributed by atoms with Crippen molar-refractivity contribution >= 4 is 11.7 Å². The van der Waals surface area contributed by atoms with Crippen LogP contribution in [0.25, 0.3) is 5.78 Å². The van der Waals surface area contributed by atoms with Gasteiger partial charge in [0.1, 0.15) is 0 Å². The summed E-state index contributed by atoms with van der Waals surface area (Å²) in [4.78, 5) is 20.3. The summed E-state index contributed by atoms with van der Waals surface area (Å²) in [6.07, 6.45) is -0.585. The molecule has 0 saturated heterocycles. The van der Waals surface area contributed by atoms with Crippen LogP contribution in [0, 0.1) is 19.8 Å². The number of carbonyl (C=O) groups is 1. The highest BCUT2D eigenvalue weighted by molar-refractivity contribution is 5.90. The lowest BCUT2D eigenvalue weighted by Crippen LogP contribution is -2.35. The summed E-state index contributed by atoms with van der Waals surface area (Å²) in [5.41, 5.74) is 1.69. The Hall–Kier alpha value is -2.02. The Labute approximate surface area is 117 Å². The molecule has 20 heavy (non-hydrogen) atoms. The van der Waals surface area contributed by atoms with Crippen molar-refractivity contribution in [3.63, 3.8) is 0 Å². The monoisotopic (exact) mass is 277 g/mol. The van der Waals surface area contributed by atoms with Gasteiger partial charge >= 0.3 is 0 Å². The molecule has 2 N–H and O–H groups in total. The van der Waals surface area contributed by atoms with Gasteiger partial charge in [-0.2, -0.15) is 4.98 Å². The van der Waals surface area contributed by atoms with Crippen molar-refractivity contribution in [1.82, 2.24) is 24.9 Å². The van der Waals surface area contributed by atoms with Gasteiger partial charge in [-0.25, -0.2) is 9.50 Å². The van der Waals surface area contributed by atoms with Gasteiger partial charge in [0.05, 0.1) is 6.10 Å². The maximum atomic E-state index is 11.9. The molecule has 0 radical (unpaired) electrons. The third-order valence-corrected chi connectivity index (χ3v) is 3.06. The van der Waals surface area contributed by atoms with E-state index in [2.05, 4.69) is 20.4 Å². The van der Waals surface area contributed by atoms with Crippen LogP contribution in [0.5, 0.6) is 0 Å². The fraction of sp³-hybridized carbons (Fsp3) is 0.538. The van der Waals surface area contributed by atoms with Crippen LogP contribution in [0.4, 0.5) is 0 Å². The summed E-state index contributed by atoms with van der Waals surface area (Å²) in [6.45, 7) is 7.69. The fourth-order valence-corrected chi connectivity index (χ4v) is 1.77. The molecule has 0 aliphatic rings. The number of amides is 1. The topological polar surface area (TPSA) is 92.4 Å². The van der Waals surface area contributed by atoms with E-state index in [1.54, 1.807) is 0 Å². The van der Waals surface area contributed by atoms with E-state index in [1.807, 2.05) is 33.8 Å². The molecule has 0 aliphatic heterocycles. The zero-order valence-corrected chi connectivity index (χ0v) is 12.1. The maximum absolute atomic E-state index is 11.9. The summed E-state index contributed by atoms with van der Waals surface area (Å²) in [6, 6.07) is 1.87. The summed E-state index contributed by atoms with van der Waals surface area (Å²) < 4.78 is 1.53. The lowest BCUT2D eigenvalue weighted by Gasteiger charge is -2.13. The van der Waals surface area contributed by atoms with E-state index in [4.69, 9.17) is 0 Å². The number of nitrogens with zero attached hydrogens (tertiary/aromatic N) is 4. The summed E-state index contributed by atoms with van der Waals surface area (Å²) >= 11 is 0. The molecular weight excluding hydrogens is 258 g/mol. The van der Waals surface area contributed by atoms with Gasteiger partial charge in [0.15, 0.2) is 0 Å². The number of fused-ring (bicyclic) bond motifs is 1. The van der Waals surface area contributed by atoms with Crippen LogP contribution >= 0.6 is 0 Å². The molecule has 2 aromatic rings. The Balaban J connectivity index is 2.17. The lowest BCUT2D eigenvalue weighted by molar-refractivity contribution is 0.0862. The van der Waals surface area contributed by atoms with Crippen LogP contribution in [0.3, 0.4) is 0 Å². The minimum absolute atomic E-state index is 0.0576. The Morgan fingerprint density at radius 3 is 2.75 bits per heavy atom. The van der Waals surface area contributed by atoms with Gasteiger partial charge in [0, 0.05) is 17.9 Å². The van der Waals surface area contributed by atoms with Gasteiger partial charge in [0.2, 0.25) is 5.82 Å². The van der Waals surface area contributed by atoms with Crippen molar-refractivity contribution in [1.29, 1.82) is 0 Å². The average molecular weight is 277 g/mol. The van der Waals surface area contributed by atoms with Gasteiger partial charge in [0.25, 0.3) is 11.7 Å². The Morgan fingerprint density at radius 2 is 2.10 bits per heavy atom. The third-order valence-electron chi connectivity index (χ3n) is 3.06. The van der Waals surface area contributed by atoms with Gasteiger partial charge in [-0.15, -0.1) is 5.10 Å². The number of carbonyl (C=O) groups excluding carboxylic acids is 1. The van der Waals surface area contributed by atoms with Crippen molar-refractivity contribution in [3.8, 4) is 0 Å². The normalized spacial score (nSPS) is 12.9. The summed E-state index contributed by atoms with van der Waals surface area (Å²) in [7, 11) is 0. The van der Waals surface area contributed by atoms with Gasteiger partial charge in [-0.3, -0.25) is 4.79 Å². The molecule has 1 amide bonds. The number of aryl methyl sites for hydroxylation is 2. The number of hydrogen-bond acceptors (Lipinski definition) is 5. The second kappa shape index (κ2) is 5.54. The highest BCUT2D eigenvalue weighted by Gasteiger charge is 2.17.